The van der Waals surface area contributed by atoms with Gasteiger partial charge in [0.2, 0.25) is 0 Å². The molecule has 7 rings (SSSR count). The van der Waals surface area contributed by atoms with Crippen LogP contribution in [0.15, 0.2) is 52.6 Å². The molecule has 0 bridgehead atoms. The van der Waals surface area contributed by atoms with Crippen LogP contribution in [0.3, 0.4) is 0 Å². The maximum absolute atomic E-state index is 12.5. The van der Waals surface area contributed by atoms with Crippen LogP contribution in [0, 0.1) is 12.3 Å². The Morgan fingerprint density at radius 3 is 2.43 bits per heavy atom. The summed E-state index contributed by atoms with van der Waals surface area (Å²) in [6, 6.07) is 9.64. The zero-order valence-electron chi connectivity index (χ0n) is 28.7. The van der Waals surface area contributed by atoms with Crippen molar-refractivity contribution in [1.29, 1.82) is 0 Å². The van der Waals surface area contributed by atoms with Crippen LogP contribution in [0.2, 0.25) is 5.02 Å². The Bertz CT molecular complexity index is 1830. The minimum absolute atomic E-state index is 0. The number of nitrogens with two attached hydrogens (primary N) is 2. The van der Waals surface area contributed by atoms with Gasteiger partial charge in [-0.05, 0) is 69.9 Å². The second kappa shape index (κ2) is 16.4. The van der Waals surface area contributed by atoms with Gasteiger partial charge < -0.3 is 40.2 Å². The fourth-order valence-electron chi connectivity index (χ4n) is 7.05. The molecule has 5 N–H and O–H groups in total. The standard InChI is InChI=1S/C35H43ClN8O4S.2ClH/c1-21-34(41-27(18-45)32(39-21)43-15-10-35(11-16-43)20-48-22(2)31(35)38)49-28-9-14-44-17-26(40-33(44)30(28)36)23-3-5-25(6-4-23)47-19-29(46)42-12-7-24(37)8-13-42;;/h3-6,9,14,17,22,24,31,45H,7-8,10-13,15-16,18-20,37-38H2,1-2H3;2*1H/t22-,31+;;/m0../s1. The molecule has 3 saturated heterocycles. The van der Waals surface area contributed by atoms with Gasteiger partial charge in [0.25, 0.3) is 5.91 Å². The number of piperidine rings is 2. The zero-order valence-corrected chi connectivity index (χ0v) is 31.9. The van der Waals surface area contributed by atoms with Gasteiger partial charge in [-0.2, -0.15) is 0 Å². The number of pyridine rings is 1. The molecule has 1 amide bonds. The van der Waals surface area contributed by atoms with Gasteiger partial charge in [-0.1, -0.05) is 23.4 Å². The molecule has 6 heterocycles. The van der Waals surface area contributed by atoms with Crippen molar-refractivity contribution in [3.8, 4) is 17.0 Å². The number of likely N-dealkylation sites (tertiary alicyclic amines) is 1. The molecule has 0 unspecified atom stereocenters. The molecule has 3 fully saturated rings. The normalized spacial score (nSPS) is 20.4. The summed E-state index contributed by atoms with van der Waals surface area (Å²) in [6.45, 7) is 7.36. The molecule has 1 aromatic carbocycles. The number of aromatic nitrogens is 4. The summed E-state index contributed by atoms with van der Waals surface area (Å²) in [5.41, 5.74) is 16.0. The summed E-state index contributed by atoms with van der Waals surface area (Å²) >= 11 is 8.33. The van der Waals surface area contributed by atoms with Crippen LogP contribution < -0.4 is 21.1 Å². The first-order chi connectivity index (χ1) is 23.6. The molecular formula is C35H45Cl3N8O4S. The molecule has 4 aromatic rings. The van der Waals surface area contributed by atoms with Crippen LogP contribution in [0.4, 0.5) is 5.82 Å². The number of hydrogen-bond donors (Lipinski definition) is 3. The number of fused-ring (bicyclic) bond motifs is 1. The van der Waals surface area contributed by atoms with Crippen LogP contribution in [-0.2, 0) is 16.1 Å². The second-order valence-corrected chi connectivity index (χ2v) is 14.8. The van der Waals surface area contributed by atoms with Crippen molar-refractivity contribution in [2.24, 2.45) is 16.9 Å². The van der Waals surface area contributed by atoms with Crippen molar-refractivity contribution in [2.75, 3.05) is 44.3 Å². The topological polar surface area (TPSA) is 157 Å². The summed E-state index contributed by atoms with van der Waals surface area (Å²) in [5, 5.41) is 11.5. The van der Waals surface area contributed by atoms with Crippen molar-refractivity contribution in [3.63, 3.8) is 0 Å². The van der Waals surface area contributed by atoms with E-state index in [-0.39, 0.29) is 67.5 Å². The van der Waals surface area contributed by atoms with Crippen LogP contribution in [0.25, 0.3) is 16.9 Å². The van der Waals surface area contributed by atoms with E-state index in [1.54, 1.807) is 0 Å². The average Bonchev–Trinajstić information content (AvgIpc) is 3.68. The minimum Gasteiger partial charge on any atom is -0.484 e. The number of benzene rings is 1. The lowest BCUT2D eigenvalue weighted by atomic mass is 9.73. The number of hydrogen-bond acceptors (Lipinski definition) is 11. The van der Waals surface area contributed by atoms with Gasteiger partial charge in [0.1, 0.15) is 16.5 Å². The Morgan fingerprint density at radius 2 is 1.78 bits per heavy atom. The Kier molecular flexibility index (Phi) is 12.7. The third-order valence-corrected chi connectivity index (χ3v) is 11.9. The summed E-state index contributed by atoms with van der Waals surface area (Å²) < 4.78 is 13.5. The number of ether oxygens (including phenoxy) is 2. The van der Waals surface area contributed by atoms with Crippen molar-refractivity contribution < 1.29 is 19.4 Å². The SMILES string of the molecule is Cc1nc(N2CCC3(CC2)CO[C@@H](C)[C@H]3N)c(CO)nc1Sc1ccn2cc(-c3ccc(OCC(=O)N4CCC(N)CC4)cc3)nc2c1Cl.Cl.Cl. The van der Waals surface area contributed by atoms with E-state index in [1.165, 1.54) is 11.8 Å². The van der Waals surface area contributed by atoms with Crippen LogP contribution in [0.5, 0.6) is 5.75 Å². The first-order valence-electron chi connectivity index (χ1n) is 16.9. The van der Waals surface area contributed by atoms with Gasteiger partial charge in [-0.15, -0.1) is 24.8 Å². The molecule has 0 saturated carbocycles. The predicted molar refractivity (Wildman–Crippen MR) is 204 cm³/mol. The maximum atomic E-state index is 12.5. The number of aliphatic hydroxyl groups is 1. The fourth-order valence-corrected chi connectivity index (χ4v) is 8.23. The molecule has 16 heteroatoms. The van der Waals surface area contributed by atoms with Crippen molar-refractivity contribution in [2.45, 2.75) is 74.2 Å². The summed E-state index contributed by atoms with van der Waals surface area (Å²) in [5.74, 6) is 1.30. The Labute approximate surface area is 319 Å². The summed E-state index contributed by atoms with van der Waals surface area (Å²) in [7, 11) is 0. The molecule has 0 aliphatic carbocycles. The van der Waals surface area contributed by atoms with Crippen molar-refractivity contribution in [1.82, 2.24) is 24.3 Å². The van der Waals surface area contributed by atoms with Gasteiger partial charge >= 0.3 is 0 Å². The lowest BCUT2D eigenvalue weighted by Gasteiger charge is -2.42. The van der Waals surface area contributed by atoms with Crippen molar-refractivity contribution >= 4 is 65.5 Å². The molecule has 51 heavy (non-hydrogen) atoms. The largest absolute Gasteiger partial charge is 0.484 e. The molecule has 276 valence electrons. The molecule has 0 radical (unpaired) electrons. The van der Waals surface area contributed by atoms with Crippen LogP contribution in [0.1, 0.15) is 44.0 Å². The van der Waals surface area contributed by atoms with Crippen molar-refractivity contribution in [3.05, 3.63) is 59.1 Å². The number of carbonyl (C=O) groups is 1. The van der Waals surface area contributed by atoms with Gasteiger partial charge in [-0.3, -0.25) is 4.79 Å². The number of anilines is 1. The van der Waals surface area contributed by atoms with Gasteiger partial charge in [-0.25, -0.2) is 15.0 Å². The number of aryl methyl sites for hydroxylation is 1. The lowest BCUT2D eigenvalue weighted by molar-refractivity contribution is -0.134. The molecule has 2 atom stereocenters. The predicted octanol–water partition coefficient (Wildman–Crippen LogP) is 4.90. The Hall–Kier alpha value is -2.88. The Balaban J connectivity index is 0.00000252. The summed E-state index contributed by atoms with van der Waals surface area (Å²) in [6.07, 6.45) is 7.38. The van der Waals surface area contributed by atoms with E-state index in [4.69, 9.17) is 47.5 Å². The van der Waals surface area contributed by atoms with E-state index in [2.05, 4.69) is 4.90 Å². The number of amides is 1. The van der Waals surface area contributed by atoms with E-state index in [0.29, 0.717) is 46.8 Å². The lowest BCUT2D eigenvalue weighted by Crippen LogP contribution is -2.51. The van der Waals surface area contributed by atoms with E-state index < -0.39 is 0 Å². The number of imidazole rings is 1. The molecule has 3 aromatic heterocycles. The number of carbonyl (C=O) groups excluding carboxylic acids is 1. The second-order valence-electron chi connectivity index (χ2n) is 13.4. The molecule has 1 spiro atoms. The third-order valence-electron chi connectivity index (χ3n) is 10.3. The number of aliphatic hydroxyl groups excluding tert-OH is 1. The van der Waals surface area contributed by atoms with Gasteiger partial charge in [0, 0.05) is 66.5 Å². The summed E-state index contributed by atoms with van der Waals surface area (Å²) in [4.78, 5) is 31.9. The molecule has 3 aliphatic heterocycles. The Morgan fingerprint density at radius 1 is 1.08 bits per heavy atom. The smallest absolute Gasteiger partial charge is 0.260 e. The highest BCUT2D eigenvalue weighted by molar-refractivity contribution is 7.99. The third kappa shape index (κ3) is 8.06. The molecular weight excluding hydrogens is 735 g/mol. The quantitative estimate of drug-likeness (QED) is 0.224. The highest BCUT2D eigenvalue weighted by Crippen LogP contribution is 2.43. The average molecular weight is 780 g/mol. The zero-order chi connectivity index (χ0) is 34.3. The number of nitrogens with zero attached hydrogens (tertiary/aromatic N) is 6. The maximum Gasteiger partial charge on any atom is 0.260 e. The molecule has 3 aliphatic rings. The first-order valence-corrected chi connectivity index (χ1v) is 18.1. The molecule has 12 nitrogen and oxygen atoms in total. The highest BCUT2D eigenvalue weighted by Gasteiger charge is 2.47. The minimum atomic E-state index is -0.221. The van der Waals surface area contributed by atoms with Gasteiger partial charge in [0.15, 0.2) is 18.1 Å². The number of halogens is 3. The van der Waals surface area contributed by atoms with E-state index >= 15 is 0 Å². The number of rotatable bonds is 8. The van der Waals surface area contributed by atoms with E-state index in [1.807, 2.05) is 65.9 Å². The van der Waals surface area contributed by atoms with Gasteiger partial charge in [0.05, 0.1) is 35.7 Å². The fraction of sp³-hybridized carbons (Fsp3) is 0.486. The first kappa shape index (κ1) is 39.3. The highest BCUT2D eigenvalue weighted by atomic mass is 35.5. The van der Waals surface area contributed by atoms with E-state index in [0.717, 1.165) is 66.4 Å². The van der Waals surface area contributed by atoms with Crippen LogP contribution >= 0.6 is 48.2 Å². The van der Waals surface area contributed by atoms with Crippen LogP contribution in [-0.4, -0.2) is 92.8 Å². The van der Waals surface area contributed by atoms with E-state index in [9.17, 15) is 9.90 Å². The monoisotopic (exact) mass is 778 g/mol.